The zero-order valence-electron chi connectivity index (χ0n) is 13.3. The number of hydrogen-bond donors (Lipinski definition) is 1. The molecule has 0 unspecified atom stereocenters. The van der Waals surface area contributed by atoms with E-state index in [4.69, 9.17) is 9.15 Å². The van der Waals surface area contributed by atoms with Gasteiger partial charge in [-0.3, -0.25) is 4.79 Å². The SMILES string of the molecule is CCOC(=O)c1cc2ccsc2n1CC(=O)NCCc1ccco1. The molecule has 3 aromatic heterocycles. The summed E-state index contributed by atoms with van der Waals surface area (Å²) >= 11 is 1.49. The number of thiophene rings is 1. The third kappa shape index (κ3) is 3.51. The van der Waals surface area contributed by atoms with Gasteiger partial charge in [0.1, 0.15) is 22.8 Å². The summed E-state index contributed by atoms with van der Waals surface area (Å²) in [7, 11) is 0. The third-order valence-corrected chi connectivity index (χ3v) is 4.51. The van der Waals surface area contributed by atoms with Crippen molar-refractivity contribution in [3.63, 3.8) is 0 Å². The highest BCUT2D eigenvalue weighted by molar-refractivity contribution is 7.16. The van der Waals surface area contributed by atoms with E-state index in [1.54, 1.807) is 23.8 Å². The van der Waals surface area contributed by atoms with Crippen LogP contribution >= 0.6 is 11.3 Å². The lowest BCUT2D eigenvalue weighted by molar-refractivity contribution is -0.121. The van der Waals surface area contributed by atoms with Crippen molar-refractivity contribution < 1.29 is 18.7 Å². The molecule has 1 N–H and O–H groups in total. The molecule has 3 rings (SSSR count). The van der Waals surface area contributed by atoms with Crippen LogP contribution in [0.4, 0.5) is 0 Å². The van der Waals surface area contributed by atoms with Crippen LogP contribution in [0.25, 0.3) is 10.2 Å². The number of hydrogen-bond acceptors (Lipinski definition) is 5. The molecule has 0 aliphatic heterocycles. The maximum absolute atomic E-state index is 12.2. The van der Waals surface area contributed by atoms with Gasteiger partial charge in [0.15, 0.2) is 0 Å². The summed E-state index contributed by atoms with van der Waals surface area (Å²) < 4.78 is 12.0. The number of rotatable bonds is 7. The average Bonchev–Trinajstić information content (AvgIpc) is 3.26. The van der Waals surface area contributed by atoms with Gasteiger partial charge in [0, 0.05) is 18.4 Å². The molecule has 1 amide bonds. The highest BCUT2D eigenvalue weighted by Gasteiger charge is 2.19. The Labute approximate surface area is 143 Å². The van der Waals surface area contributed by atoms with Crippen LogP contribution in [0.2, 0.25) is 0 Å². The number of aromatic nitrogens is 1. The Hall–Kier alpha value is -2.54. The standard InChI is InChI=1S/C17H18N2O4S/c1-2-22-17(21)14-10-12-6-9-24-16(12)19(14)11-15(20)18-7-5-13-4-3-8-23-13/h3-4,6,8-10H,2,5,7,11H2,1H3,(H,18,20). The molecule has 0 saturated carbocycles. The van der Waals surface area contributed by atoms with E-state index in [0.717, 1.165) is 16.0 Å². The molecule has 0 saturated heterocycles. The molecule has 0 fully saturated rings. The molecule has 3 aromatic rings. The zero-order chi connectivity index (χ0) is 16.9. The Morgan fingerprint density at radius 1 is 1.38 bits per heavy atom. The van der Waals surface area contributed by atoms with Crippen LogP contribution in [0.1, 0.15) is 23.2 Å². The monoisotopic (exact) mass is 346 g/mol. The number of nitrogens with zero attached hydrogens (tertiary/aromatic N) is 1. The summed E-state index contributed by atoms with van der Waals surface area (Å²) in [4.78, 5) is 25.2. The third-order valence-electron chi connectivity index (χ3n) is 3.56. The van der Waals surface area contributed by atoms with Gasteiger partial charge < -0.3 is 19.0 Å². The minimum absolute atomic E-state index is 0.0797. The van der Waals surface area contributed by atoms with E-state index >= 15 is 0 Å². The maximum atomic E-state index is 12.2. The molecular weight excluding hydrogens is 328 g/mol. The smallest absolute Gasteiger partial charge is 0.355 e. The predicted octanol–water partition coefficient (Wildman–Crippen LogP) is 2.83. The molecule has 0 aromatic carbocycles. The van der Waals surface area contributed by atoms with Crippen LogP contribution in [0.3, 0.4) is 0 Å². The second-order valence-electron chi connectivity index (χ2n) is 5.20. The summed E-state index contributed by atoms with van der Waals surface area (Å²) in [5.41, 5.74) is 0.403. The number of fused-ring (bicyclic) bond motifs is 1. The van der Waals surface area contributed by atoms with Crippen molar-refractivity contribution >= 4 is 33.4 Å². The lowest BCUT2D eigenvalue weighted by atomic mass is 10.3. The first-order valence-corrected chi connectivity index (χ1v) is 8.60. The average molecular weight is 346 g/mol. The fourth-order valence-corrected chi connectivity index (χ4v) is 3.38. The molecule has 0 aliphatic carbocycles. The first kappa shape index (κ1) is 16.3. The number of amides is 1. The van der Waals surface area contributed by atoms with E-state index in [1.165, 1.54) is 11.3 Å². The zero-order valence-corrected chi connectivity index (χ0v) is 14.1. The number of nitrogens with one attached hydrogen (secondary N) is 1. The van der Waals surface area contributed by atoms with E-state index < -0.39 is 5.97 Å². The van der Waals surface area contributed by atoms with Crippen LogP contribution in [0.15, 0.2) is 40.3 Å². The number of furan rings is 1. The summed E-state index contributed by atoms with van der Waals surface area (Å²) in [5.74, 6) is 0.256. The van der Waals surface area contributed by atoms with E-state index in [0.29, 0.717) is 25.3 Å². The Morgan fingerprint density at radius 2 is 2.25 bits per heavy atom. The summed E-state index contributed by atoms with van der Waals surface area (Å²) in [6, 6.07) is 7.37. The fourth-order valence-electron chi connectivity index (χ4n) is 2.49. The molecule has 0 atom stereocenters. The van der Waals surface area contributed by atoms with Gasteiger partial charge in [0.05, 0.1) is 12.9 Å². The Kier molecular flexibility index (Phi) is 5.00. The molecule has 0 aliphatic rings. The van der Waals surface area contributed by atoms with Crippen molar-refractivity contribution in [1.29, 1.82) is 0 Å². The number of carbonyl (C=O) groups excluding carboxylic acids is 2. The normalized spacial score (nSPS) is 10.9. The molecular formula is C17H18N2O4S. The number of carbonyl (C=O) groups is 2. The van der Waals surface area contributed by atoms with Crippen molar-refractivity contribution in [2.45, 2.75) is 19.9 Å². The molecule has 0 bridgehead atoms. The van der Waals surface area contributed by atoms with Crippen LogP contribution in [0.5, 0.6) is 0 Å². The summed E-state index contributed by atoms with van der Waals surface area (Å²) in [6.45, 7) is 2.62. The van der Waals surface area contributed by atoms with Gasteiger partial charge in [-0.25, -0.2) is 4.79 Å². The molecule has 3 heterocycles. The Balaban J connectivity index is 1.68. The quantitative estimate of drug-likeness (QED) is 0.668. The Bertz CT molecular complexity index is 832. The van der Waals surface area contributed by atoms with Crippen LogP contribution < -0.4 is 5.32 Å². The molecule has 0 spiro atoms. The van der Waals surface area contributed by atoms with Gasteiger partial charge in [-0.05, 0) is 36.6 Å². The predicted molar refractivity (Wildman–Crippen MR) is 91.2 cm³/mol. The molecule has 0 radical (unpaired) electrons. The van der Waals surface area contributed by atoms with Crippen molar-refractivity contribution in [3.05, 3.63) is 47.4 Å². The largest absolute Gasteiger partial charge is 0.469 e. The van der Waals surface area contributed by atoms with Gasteiger partial charge in [-0.2, -0.15) is 0 Å². The minimum Gasteiger partial charge on any atom is -0.469 e. The van der Waals surface area contributed by atoms with Crippen LogP contribution in [-0.4, -0.2) is 29.6 Å². The van der Waals surface area contributed by atoms with Crippen LogP contribution in [0, 0.1) is 0 Å². The lowest BCUT2D eigenvalue weighted by Gasteiger charge is -2.09. The van der Waals surface area contributed by atoms with Gasteiger partial charge in [-0.15, -0.1) is 11.3 Å². The fraction of sp³-hybridized carbons (Fsp3) is 0.294. The second-order valence-corrected chi connectivity index (χ2v) is 6.09. The topological polar surface area (TPSA) is 73.5 Å². The number of esters is 1. The molecule has 7 heteroatoms. The summed E-state index contributed by atoms with van der Waals surface area (Å²) in [5, 5.41) is 5.72. The van der Waals surface area contributed by atoms with E-state index in [9.17, 15) is 9.59 Å². The highest BCUT2D eigenvalue weighted by Crippen LogP contribution is 2.25. The van der Waals surface area contributed by atoms with Crippen molar-refractivity contribution in [3.8, 4) is 0 Å². The van der Waals surface area contributed by atoms with E-state index in [-0.39, 0.29) is 12.5 Å². The highest BCUT2D eigenvalue weighted by atomic mass is 32.1. The number of ether oxygens (including phenoxy) is 1. The maximum Gasteiger partial charge on any atom is 0.355 e. The van der Waals surface area contributed by atoms with E-state index in [1.807, 2.05) is 23.6 Å². The Morgan fingerprint density at radius 3 is 3.00 bits per heavy atom. The van der Waals surface area contributed by atoms with Crippen molar-refractivity contribution in [2.24, 2.45) is 0 Å². The first-order chi connectivity index (χ1) is 11.7. The van der Waals surface area contributed by atoms with E-state index in [2.05, 4.69) is 5.32 Å². The van der Waals surface area contributed by atoms with Gasteiger partial charge in [0.2, 0.25) is 5.91 Å². The van der Waals surface area contributed by atoms with Crippen molar-refractivity contribution in [2.75, 3.05) is 13.2 Å². The van der Waals surface area contributed by atoms with Gasteiger partial charge >= 0.3 is 5.97 Å². The summed E-state index contributed by atoms with van der Waals surface area (Å²) in [6.07, 6.45) is 2.24. The van der Waals surface area contributed by atoms with Crippen molar-refractivity contribution in [1.82, 2.24) is 9.88 Å². The van der Waals surface area contributed by atoms with Gasteiger partial charge in [-0.1, -0.05) is 0 Å². The lowest BCUT2D eigenvalue weighted by Crippen LogP contribution is -2.30. The van der Waals surface area contributed by atoms with Crippen LogP contribution in [-0.2, 0) is 22.5 Å². The first-order valence-electron chi connectivity index (χ1n) is 7.72. The second kappa shape index (κ2) is 7.35. The molecule has 6 nitrogen and oxygen atoms in total. The molecule has 24 heavy (non-hydrogen) atoms. The molecule has 126 valence electrons. The van der Waals surface area contributed by atoms with Gasteiger partial charge in [0.25, 0.3) is 0 Å². The minimum atomic E-state index is -0.413.